The summed E-state index contributed by atoms with van der Waals surface area (Å²) >= 11 is 12.0. The van der Waals surface area contributed by atoms with Crippen molar-refractivity contribution in [2.24, 2.45) is 7.05 Å². The summed E-state index contributed by atoms with van der Waals surface area (Å²) in [6.45, 7) is -1.14. The van der Waals surface area contributed by atoms with Crippen LogP contribution in [0.5, 0.6) is 5.75 Å². The number of hydrogen-bond donors (Lipinski definition) is 3. The smallest absolute Gasteiger partial charge is 0.257 e. The second kappa shape index (κ2) is 11.8. The Morgan fingerprint density at radius 2 is 1.83 bits per heavy atom. The van der Waals surface area contributed by atoms with Crippen molar-refractivity contribution in [3.8, 4) is 16.9 Å². The van der Waals surface area contributed by atoms with Gasteiger partial charge in [-0.1, -0.05) is 41.4 Å². The van der Waals surface area contributed by atoms with Crippen LogP contribution in [0.15, 0.2) is 61.1 Å². The molecule has 0 aliphatic carbocycles. The van der Waals surface area contributed by atoms with E-state index in [0.29, 0.717) is 16.4 Å². The largest absolute Gasteiger partial charge is 0.506 e. The lowest BCUT2D eigenvalue weighted by Gasteiger charge is -2.42. The number of aliphatic hydroxyl groups excluding tert-OH is 2. The van der Waals surface area contributed by atoms with E-state index in [9.17, 15) is 20.1 Å². The lowest BCUT2D eigenvalue weighted by atomic mass is 9.89. The Morgan fingerprint density at radius 3 is 2.49 bits per heavy atom. The zero-order valence-electron chi connectivity index (χ0n) is 22.0. The van der Waals surface area contributed by atoms with Crippen molar-refractivity contribution in [3.63, 3.8) is 0 Å². The molecule has 9 nitrogen and oxygen atoms in total. The van der Waals surface area contributed by atoms with Crippen LogP contribution in [0.2, 0.25) is 10.0 Å². The quantitative estimate of drug-likeness (QED) is 0.246. The van der Waals surface area contributed by atoms with Gasteiger partial charge in [0, 0.05) is 48.7 Å². The van der Waals surface area contributed by atoms with E-state index in [1.807, 2.05) is 0 Å². The van der Waals surface area contributed by atoms with Gasteiger partial charge in [-0.05, 0) is 30.2 Å². The summed E-state index contributed by atoms with van der Waals surface area (Å²) in [5.41, 5.74) is -1.57. The van der Waals surface area contributed by atoms with Crippen LogP contribution in [0.3, 0.4) is 0 Å². The third-order valence-electron chi connectivity index (χ3n) is 7.18. The summed E-state index contributed by atoms with van der Waals surface area (Å²) < 4.78 is 24.6. The number of carbonyl (C=O) groups is 1. The van der Waals surface area contributed by atoms with Crippen LogP contribution in [0.1, 0.15) is 33.9 Å². The average Bonchev–Trinajstić information content (AvgIpc) is 3.47. The van der Waals surface area contributed by atoms with Gasteiger partial charge in [0.15, 0.2) is 5.72 Å². The first-order valence-electron chi connectivity index (χ1n) is 12.8. The molecular weight excluding hydrogens is 574 g/mol. The second-order valence-corrected chi connectivity index (χ2v) is 10.5. The standard InChI is InChI=1S/C29H27Cl2FN4O5/c1-35-11-10-33-25(35)9-8-24(39)29(41-13-12-37)26-21(7-6-20(27(26)32)17-2-4-18(30)5-3-17)28(40)36(29)16-22-23(38)14-19(31)15-34-22/h2-7,10-11,14-15,24,37-39H,8-9,12-13,16H2,1H3/t24?,29-/m0/s1. The van der Waals surface area contributed by atoms with E-state index in [1.165, 1.54) is 24.4 Å². The van der Waals surface area contributed by atoms with Gasteiger partial charge < -0.3 is 24.6 Å². The highest BCUT2D eigenvalue weighted by Crippen LogP contribution is 2.48. The van der Waals surface area contributed by atoms with Crippen molar-refractivity contribution in [1.82, 2.24) is 19.4 Å². The van der Waals surface area contributed by atoms with Gasteiger partial charge >= 0.3 is 0 Å². The number of benzene rings is 2. The summed E-state index contributed by atoms with van der Waals surface area (Å²) in [4.78, 5) is 23.5. The molecule has 3 heterocycles. The molecule has 2 aromatic heterocycles. The van der Waals surface area contributed by atoms with Crippen molar-refractivity contribution >= 4 is 29.1 Å². The van der Waals surface area contributed by atoms with E-state index in [4.69, 9.17) is 27.9 Å². The Morgan fingerprint density at radius 1 is 1.10 bits per heavy atom. The molecule has 0 saturated carbocycles. The first kappa shape index (κ1) is 29.0. The van der Waals surface area contributed by atoms with Gasteiger partial charge in [0.1, 0.15) is 29.2 Å². The molecule has 5 rings (SSSR count). The number of pyridine rings is 1. The van der Waals surface area contributed by atoms with Crippen LogP contribution >= 0.6 is 23.2 Å². The third kappa shape index (κ3) is 5.29. The highest BCUT2D eigenvalue weighted by molar-refractivity contribution is 6.30. The highest BCUT2D eigenvalue weighted by atomic mass is 35.5. The van der Waals surface area contributed by atoms with E-state index in [1.54, 1.807) is 48.3 Å². The number of ether oxygens (including phenoxy) is 1. The number of aliphatic hydroxyl groups is 2. The monoisotopic (exact) mass is 600 g/mol. The fraction of sp³-hybridized carbons (Fsp3) is 0.276. The van der Waals surface area contributed by atoms with Gasteiger partial charge in [-0.3, -0.25) is 14.7 Å². The zero-order chi connectivity index (χ0) is 29.3. The molecule has 1 aliphatic heterocycles. The fourth-order valence-corrected chi connectivity index (χ4v) is 5.48. The van der Waals surface area contributed by atoms with Gasteiger partial charge in [-0.25, -0.2) is 9.37 Å². The van der Waals surface area contributed by atoms with Crippen LogP contribution in [-0.2, 0) is 30.5 Å². The Bertz CT molecular complexity index is 1580. The molecule has 1 unspecified atom stereocenters. The number of aryl methyl sites for hydroxylation is 2. The molecule has 0 saturated heterocycles. The topological polar surface area (TPSA) is 121 Å². The molecule has 1 aliphatic rings. The molecule has 0 bridgehead atoms. The van der Waals surface area contributed by atoms with Gasteiger partial charge in [0.25, 0.3) is 5.91 Å². The number of halogens is 3. The van der Waals surface area contributed by atoms with E-state index in [0.717, 1.165) is 4.90 Å². The van der Waals surface area contributed by atoms with Gasteiger partial charge in [-0.15, -0.1) is 0 Å². The molecule has 2 aromatic carbocycles. The normalized spacial score (nSPS) is 17.2. The van der Waals surface area contributed by atoms with Crippen LogP contribution in [0, 0.1) is 5.82 Å². The van der Waals surface area contributed by atoms with Crippen molar-refractivity contribution in [2.45, 2.75) is 31.2 Å². The maximum atomic E-state index is 16.7. The Balaban J connectivity index is 1.68. The number of hydrogen-bond acceptors (Lipinski definition) is 7. The van der Waals surface area contributed by atoms with E-state index in [2.05, 4.69) is 9.97 Å². The highest BCUT2D eigenvalue weighted by Gasteiger charge is 2.57. The molecule has 0 spiro atoms. The summed E-state index contributed by atoms with van der Waals surface area (Å²) in [6, 6.07) is 10.7. The van der Waals surface area contributed by atoms with E-state index < -0.39 is 30.2 Å². The molecule has 0 radical (unpaired) electrons. The number of rotatable bonds is 10. The third-order valence-corrected chi connectivity index (χ3v) is 7.64. The van der Waals surface area contributed by atoms with Crippen molar-refractivity contribution in [2.75, 3.05) is 13.2 Å². The number of nitrogens with zero attached hydrogens (tertiary/aromatic N) is 4. The molecule has 3 N–H and O–H groups in total. The predicted molar refractivity (Wildman–Crippen MR) is 150 cm³/mol. The van der Waals surface area contributed by atoms with Crippen molar-refractivity contribution in [1.29, 1.82) is 0 Å². The van der Waals surface area contributed by atoms with Crippen LogP contribution in [-0.4, -0.2) is 60.0 Å². The minimum Gasteiger partial charge on any atom is -0.506 e. The Kier molecular flexibility index (Phi) is 8.30. The van der Waals surface area contributed by atoms with Crippen molar-refractivity contribution in [3.05, 3.63) is 99.6 Å². The van der Waals surface area contributed by atoms with Crippen LogP contribution < -0.4 is 0 Å². The lowest BCUT2D eigenvalue weighted by molar-refractivity contribution is -0.210. The summed E-state index contributed by atoms with van der Waals surface area (Å²) in [6.07, 6.45) is 3.48. The van der Waals surface area contributed by atoms with Crippen LogP contribution in [0.25, 0.3) is 11.1 Å². The molecule has 0 fully saturated rings. The molecule has 12 heteroatoms. The number of imidazole rings is 1. The van der Waals surface area contributed by atoms with Gasteiger partial charge in [-0.2, -0.15) is 0 Å². The van der Waals surface area contributed by atoms with Crippen molar-refractivity contribution < 1.29 is 29.2 Å². The first-order valence-corrected chi connectivity index (χ1v) is 13.6. The first-order chi connectivity index (χ1) is 19.7. The van der Waals surface area contributed by atoms with E-state index in [-0.39, 0.29) is 59.1 Å². The zero-order valence-corrected chi connectivity index (χ0v) is 23.5. The maximum absolute atomic E-state index is 16.7. The molecule has 41 heavy (non-hydrogen) atoms. The molecule has 1 amide bonds. The second-order valence-electron chi connectivity index (χ2n) is 9.64. The van der Waals surface area contributed by atoms with E-state index >= 15 is 4.39 Å². The number of fused-ring (bicyclic) bond motifs is 1. The molecule has 4 aromatic rings. The predicted octanol–water partition coefficient (Wildman–Crippen LogP) is 4.45. The van der Waals surface area contributed by atoms with Crippen LogP contribution in [0.4, 0.5) is 4.39 Å². The summed E-state index contributed by atoms with van der Waals surface area (Å²) in [5.74, 6) is -1.05. The number of aromatic nitrogens is 3. The number of amides is 1. The number of aromatic hydroxyl groups is 1. The average molecular weight is 601 g/mol. The SMILES string of the molecule is Cn1ccnc1CCC(O)[C@]1(OCCO)c2c(ccc(-c3ccc(Cl)cc3)c2F)C(=O)N1Cc1ncc(Cl)cc1O. The molecule has 214 valence electrons. The molecule has 2 atom stereocenters. The minimum atomic E-state index is -2.08. The maximum Gasteiger partial charge on any atom is 0.257 e. The van der Waals surface area contributed by atoms with Gasteiger partial charge in [0.2, 0.25) is 0 Å². The minimum absolute atomic E-state index is 0.0180. The molecular formula is C29H27Cl2FN4O5. The fourth-order valence-electron chi connectivity index (χ4n) is 5.20. The lowest BCUT2D eigenvalue weighted by Crippen LogP contribution is -2.54. The Hall–Kier alpha value is -3.54. The Labute approximate surface area is 245 Å². The summed E-state index contributed by atoms with van der Waals surface area (Å²) in [7, 11) is 1.81. The summed E-state index contributed by atoms with van der Waals surface area (Å²) in [5, 5.41) is 32.8. The number of carbonyl (C=O) groups excluding carboxylic acids is 1. The van der Waals surface area contributed by atoms with Gasteiger partial charge in [0.05, 0.1) is 35.9 Å².